The van der Waals surface area contributed by atoms with Gasteiger partial charge >= 0.3 is 12.1 Å². The number of fused-ring (bicyclic) bond motifs is 1. The van der Waals surface area contributed by atoms with Gasteiger partial charge in [-0.05, 0) is 135 Å². The number of rotatable bonds is 27. The van der Waals surface area contributed by atoms with Crippen molar-refractivity contribution in [1.82, 2.24) is 53.2 Å². The number of carbonyl (C=O) groups is 10. The highest BCUT2D eigenvalue weighted by Crippen LogP contribution is 2.49. The molecule has 23 nitrogen and oxygen atoms in total. The maximum atomic E-state index is 15.8. The van der Waals surface area contributed by atoms with Crippen molar-refractivity contribution in [3.05, 3.63) is 251 Å². The van der Waals surface area contributed by atoms with Crippen LogP contribution in [-0.4, -0.2) is 153 Å². The zero-order valence-electron chi connectivity index (χ0n) is 64.7. The molecule has 10 rings (SSSR count). The standard InChI is InChI=1S/C88H104N10O13S3/c1-57(99)77-84(108)96-75(83(107)95-74(79(103)90-53-60-29-13-6-14-30-60)54-112-88(64-32-15-7-16-33-64,65-34-17-8-18-35-65)66-36-19-9-20-37-66)56-114-113-55-73(94-81(105)71(50-58-27-11-5-12-28-58)97-85(109)91-67-38-21-10-22-39-67)76(101)52-63(49-59-42-46-68(100)47-43-59)78(102)93-72(51-62-45-44-61-31-23-24-40-69(61)62)82(106)92-70(80(104)98-77)41-25-26-48-89-86(110)111-87(2,3)4/h5-9,11-20,23-24,27-37,40,42-43,45-47,57,63,67,70-75,77,99-100H,10,21-22,25-26,38-39,41,44,48-56H2,1-4H3,(H,89,110)(H,90,103)(H,92,106)(H,93,102)(H,94,105)(H,95,107)(H,96,108)(H,98,104)(H2,91,97,109)/t57-,63-,70+,71-,72-,73+,74+,75+,77+/m1/s1. The summed E-state index contributed by atoms with van der Waals surface area (Å²) in [6.07, 6.45) is 4.09. The molecule has 9 atom stereocenters. The summed E-state index contributed by atoms with van der Waals surface area (Å²) >= 11 is 1.41. The highest BCUT2D eigenvalue weighted by Gasteiger charge is 2.42. The predicted octanol–water partition coefficient (Wildman–Crippen LogP) is 10.2. The van der Waals surface area contributed by atoms with Gasteiger partial charge in [-0.1, -0.05) is 235 Å². The number of alkyl carbamates (subject to hydrolysis) is 1. The Morgan fingerprint density at radius 1 is 0.579 bits per heavy atom. The van der Waals surface area contributed by atoms with Gasteiger partial charge in [-0.25, -0.2) is 9.59 Å². The van der Waals surface area contributed by atoms with Crippen LogP contribution in [0.2, 0.25) is 0 Å². The number of Topliss-reactive ketones (excluding diaryl/α,β-unsaturated/α-hetero) is 1. The topological polar surface area (TPSA) is 341 Å². The Balaban J connectivity index is 1.04. The lowest BCUT2D eigenvalue weighted by molar-refractivity contribution is -0.137. The SMILES string of the molecule is C[C@@H](O)[C@@H]1NC(=O)[C@H](CCCCNC(=O)OC(C)(C)C)NC(=O)[C@@H](CC2=CCc3ccccc32)NC(=O)[C@H](Cc2ccc(O)cc2)CC(=O)[C@@H](NC(=O)[C@@H](Cc2ccccc2)NC(=O)NC2CCCCC2)CSSC[C@@H](C(=O)N[C@@H](CSC(c2ccccc2)(c2ccccc2)c2ccccc2)C(=O)NCc2ccccc2)NC1=O. The number of urea groups is 1. The summed E-state index contributed by atoms with van der Waals surface area (Å²) in [5.41, 5.74) is 6.32. The van der Waals surface area contributed by atoms with Crippen LogP contribution in [-0.2, 0) is 73.6 Å². The van der Waals surface area contributed by atoms with E-state index in [9.17, 15) is 19.8 Å². The van der Waals surface area contributed by atoms with Crippen LogP contribution in [0.3, 0.4) is 0 Å². The highest BCUT2D eigenvalue weighted by atomic mass is 33.1. The van der Waals surface area contributed by atoms with E-state index >= 15 is 38.4 Å². The van der Waals surface area contributed by atoms with Gasteiger partial charge in [0.15, 0.2) is 5.78 Å². The molecule has 0 radical (unpaired) electrons. The Kier molecular flexibility index (Phi) is 32.2. The van der Waals surface area contributed by atoms with Gasteiger partial charge in [-0.15, -0.1) is 11.8 Å². The summed E-state index contributed by atoms with van der Waals surface area (Å²) in [6, 6.07) is 50.2. The molecule has 0 unspecified atom stereocenters. The van der Waals surface area contributed by atoms with Gasteiger partial charge in [0.2, 0.25) is 41.4 Å². The van der Waals surface area contributed by atoms with E-state index < -0.39 is 130 Å². The second-order valence-electron chi connectivity index (χ2n) is 30.0. The summed E-state index contributed by atoms with van der Waals surface area (Å²) in [7, 11) is 2.07. The second kappa shape index (κ2) is 42.6. The van der Waals surface area contributed by atoms with Crippen molar-refractivity contribution in [2.75, 3.05) is 23.8 Å². The van der Waals surface area contributed by atoms with E-state index in [0.717, 1.165) is 87.1 Å². The number of phenolic OH excluding ortho intramolecular Hbond substituents is 1. The number of ketones is 1. The van der Waals surface area contributed by atoms with Crippen molar-refractivity contribution >= 4 is 98.2 Å². The minimum absolute atomic E-state index is 0.00982. The van der Waals surface area contributed by atoms with Crippen LogP contribution in [0.25, 0.3) is 5.57 Å². The number of amides is 10. The minimum Gasteiger partial charge on any atom is -0.508 e. The Bertz CT molecular complexity index is 4310. The summed E-state index contributed by atoms with van der Waals surface area (Å²) in [5.74, 6) is -8.29. The minimum atomic E-state index is -1.82. The van der Waals surface area contributed by atoms with Crippen LogP contribution < -0.4 is 53.2 Å². The predicted molar refractivity (Wildman–Crippen MR) is 446 cm³/mol. The average Bonchev–Trinajstić information content (AvgIpc) is 0.759. The molecule has 0 bridgehead atoms. The molecule has 2 aliphatic carbocycles. The first-order chi connectivity index (χ1) is 55.0. The van der Waals surface area contributed by atoms with Gasteiger partial charge in [0.05, 0.1) is 16.9 Å². The number of nitrogens with one attached hydrogen (secondary N) is 10. The molecule has 1 aliphatic heterocycles. The Morgan fingerprint density at radius 3 is 1.78 bits per heavy atom. The third kappa shape index (κ3) is 25.5. The monoisotopic (exact) mass is 1600 g/mol. The normalized spacial score (nSPS) is 19.7. The third-order valence-corrected chi connectivity index (χ3v) is 24.3. The summed E-state index contributed by atoms with van der Waals surface area (Å²) in [5, 5.41) is 51.1. The molecule has 1 heterocycles. The fraction of sp³-hybridized carbons (Fsp3) is 0.386. The van der Waals surface area contributed by atoms with E-state index in [1.807, 2.05) is 170 Å². The van der Waals surface area contributed by atoms with E-state index in [-0.39, 0.29) is 80.7 Å². The molecule has 1 saturated heterocycles. The third-order valence-electron chi connectivity index (χ3n) is 20.2. The molecule has 10 amide bonds. The molecule has 114 heavy (non-hydrogen) atoms. The van der Waals surface area contributed by atoms with Crippen molar-refractivity contribution in [3.63, 3.8) is 0 Å². The fourth-order valence-corrected chi connectivity index (χ4v) is 18.1. The van der Waals surface area contributed by atoms with E-state index in [4.69, 9.17) is 4.74 Å². The first-order valence-corrected chi connectivity index (χ1v) is 42.5. The molecule has 0 spiro atoms. The van der Waals surface area contributed by atoms with Gasteiger partial charge in [-0.2, -0.15) is 0 Å². The fourth-order valence-electron chi connectivity index (χ4n) is 14.2. The summed E-state index contributed by atoms with van der Waals surface area (Å²) < 4.78 is 4.46. The second-order valence-corrected chi connectivity index (χ2v) is 33.8. The zero-order valence-corrected chi connectivity index (χ0v) is 67.2. The molecule has 3 aliphatic rings. The van der Waals surface area contributed by atoms with Crippen LogP contribution in [0.5, 0.6) is 5.75 Å². The molecule has 12 N–H and O–H groups in total. The van der Waals surface area contributed by atoms with Crippen LogP contribution >= 0.6 is 33.3 Å². The van der Waals surface area contributed by atoms with E-state index in [1.165, 1.54) is 30.8 Å². The number of aliphatic hydroxyl groups is 1. The molecule has 1 saturated carbocycles. The summed E-state index contributed by atoms with van der Waals surface area (Å²) in [6.45, 7) is 6.60. The number of aromatic hydroxyl groups is 1. The molecular formula is C88H104N10O13S3. The molecule has 7 aromatic rings. The number of hydrogen-bond acceptors (Lipinski definition) is 16. The van der Waals surface area contributed by atoms with Crippen molar-refractivity contribution in [2.45, 2.75) is 182 Å². The van der Waals surface area contributed by atoms with Crippen LogP contribution in [0.15, 0.2) is 206 Å². The summed E-state index contributed by atoms with van der Waals surface area (Å²) in [4.78, 5) is 150. The van der Waals surface area contributed by atoms with Crippen molar-refractivity contribution in [1.29, 1.82) is 0 Å². The number of phenols is 1. The lowest BCUT2D eigenvalue weighted by Crippen LogP contribution is -2.62. The average molecular weight is 1610 g/mol. The molecule has 2 fully saturated rings. The quantitative estimate of drug-likeness (QED) is 0.0129. The van der Waals surface area contributed by atoms with E-state index in [2.05, 4.69) is 53.2 Å². The number of unbranched alkanes of at least 4 members (excludes halogenated alkanes) is 1. The molecule has 0 aromatic heterocycles. The number of aliphatic hydroxyl groups excluding tert-OH is 1. The number of benzene rings is 7. The van der Waals surface area contributed by atoms with Gasteiger partial charge < -0.3 is 68.1 Å². The van der Waals surface area contributed by atoms with Crippen LogP contribution in [0.4, 0.5) is 9.59 Å². The zero-order chi connectivity index (χ0) is 81.0. The van der Waals surface area contributed by atoms with Crippen LogP contribution in [0.1, 0.15) is 136 Å². The molecular weight excluding hydrogens is 1500 g/mol. The molecule has 7 aromatic carbocycles. The van der Waals surface area contributed by atoms with Gasteiger partial charge in [0.1, 0.15) is 47.6 Å². The number of carbonyl (C=O) groups excluding carboxylic acids is 10. The Labute approximate surface area is 678 Å². The van der Waals surface area contributed by atoms with Gasteiger partial charge in [0, 0.05) is 61.6 Å². The lowest BCUT2D eigenvalue weighted by atomic mass is 9.84. The highest BCUT2D eigenvalue weighted by molar-refractivity contribution is 8.76. The van der Waals surface area contributed by atoms with E-state index in [1.54, 1.807) is 45.0 Å². The van der Waals surface area contributed by atoms with Crippen molar-refractivity contribution < 1.29 is 62.9 Å². The van der Waals surface area contributed by atoms with Gasteiger partial charge in [-0.3, -0.25) is 38.4 Å². The van der Waals surface area contributed by atoms with Crippen molar-refractivity contribution in [2.24, 2.45) is 5.92 Å². The maximum absolute atomic E-state index is 15.8. The van der Waals surface area contributed by atoms with Crippen molar-refractivity contribution in [3.8, 4) is 5.75 Å². The first kappa shape index (κ1) is 86.0. The van der Waals surface area contributed by atoms with Crippen LogP contribution in [0, 0.1) is 5.92 Å². The Morgan fingerprint density at radius 2 is 1.16 bits per heavy atom. The maximum Gasteiger partial charge on any atom is 0.407 e. The lowest BCUT2D eigenvalue weighted by Gasteiger charge is -2.36. The number of thioether (sulfide) groups is 1. The molecule has 26 heteroatoms. The molecule has 602 valence electrons. The van der Waals surface area contributed by atoms with Gasteiger partial charge in [0.25, 0.3) is 0 Å². The number of ether oxygens (including phenoxy) is 1. The largest absolute Gasteiger partial charge is 0.508 e. The number of hydrogen-bond donors (Lipinski definition) is 12. The van der Waals surface area contributed by atoms with E-state index in [0.29, 0.717) is 23.1 Å². The smallest absolute Gasteiger partial charge is 0.407 e. The number of allylic oxidation sites excluding steroid dienone is 1. The Hall–Kier alpha value is -10.4. The first-order valence-electron chi connectivity index (χ1n) is 39.0.